The lowest BCUT2D eigenvalue weighted by atomic mass is 10.2. The minimum Gasteiger partial charge on any atom is -0.408 e. The molecule has 1 saturated carbocycles. The summed E-state index contributed by atoms with van der Waals surface area (Å²) < 4.78 is 4.89. The zero-order valence-corrected chi connectivity index (χ0v) is 9.66. The van der Waals surface area contributed by atoms with Gasteiger partial charge < -0.3 is 15.5 Å². The SMILES string of the molecule is NC1(C(=O)NCc2ccc3oc(=O)[nH]c3c2)CC1. The molecule has 1 fully saturated rings. The van der Waals surface area contributed by atoms with E-state index in [0.717, 1.165) is 18.4 Å². The quantitative estimate of drug-likeness (QED) is 0.722. The van der Waals surface area contributed by atoms with Gasteiger partial charge >= 0.3 is 5.76 Å². The van der Waals surface area contributed by atoms with Crippen LogP contribution < -0.4 is 16.8 Å². The highest BCUT2D eigenvalue weighted by atomic mass is 16.4. The van der Waals surface area contributed by atoms with Crippen LogP contribution in [0.25, 0.3) is 11.1 Å². The molecule has 3 rings (SSSR count). The van der Waals surface area contributed by atoms with Gasteiger partial charge in [-0.15, -0.1) is 0 Å². The first-order valence-corrected chi connectivity index (χ1v) is 5.76. The lowest BCUT2D eigenvalue weighted by Gasteiger charge is -2.09. The largest absolute Gasteiger partial charge is 0.417 e. The molecule has 0 spiro atoms. The van der Waals surface area contributed by atoms with E-state index in [2.05, 4.69) is 10.3 Å². The first-order chi connectivity index (χ1) is 8.57. The average molecular weight is 247 g/mol. The number of hydrogen-bond donors (Lipinski definition) is 3. The topological polar surface area (TPSA) is 101 Å². The Morgan fingerprint density at radius 1 is 1.50 bits per heavy atom. The lowest BCUT2D eigenvalue weighted by Crippen LogP contribution is -2.42. The molecule has 0 aliphatic heterocycles. The standard InChI is InChI=1S/C12H13N3O3/c13-12(3-4-12)10(16)14-6-7-1-2-9-8(5-7)15-11(17)18-9/h1-2,5H,3-4,6,13H2,(H,14,16)(H,15,17). The second-order valence-electron chi connectivity index (χ2n) is 4.68. The molecule has 6 heteroatoms. The number of hydrogen-bond acceptors (Lipinski definition) is 4. The molecule has 1 aromatic carbocycles. The van der Waals surface area contributed by atoms with E-state index < -0.39 is 11.3 Å². The Morgan fingerprint density at radius 3 is 3.00 bits per heavy atom. The molecular weight excluding hydrogens is 234 g/mol. The monoisotopic (exact) mass is 247 g/mol. The number of fused-ring (bicyclic) bond motifs is 1. The van der Waals surface area contributed by atoms with Crippen molar-refractivity contribution in [3.63, 3.8) is 0 Å². The summed E-state index contributed by atoms with van der Waals surface area (Å²) in [6.07, 6.45) is 1.49. The van der Waals surface area contributed by atoms with E-state index in [4.69, 9.17) is 10.2 Å². The van der Waals surface area contributed by atoms with Crippen molar-refractivity contribution in [2.75, 3.05) is 0 Å². The van der Waals surface area contributed by atoms with Crippen molar-refractivity contribution in [1.29, 1.82) is 0 Å². The van der Waals surface area contributed by atoms with E-state index in [1.165, 1.54) is 0 Å². The molecule has 0 radical (unpaired) electrons. The number of aromatic nitrogens is 1. The molecule has 18 heavy (non-hydrogen) atoms. The van der Waals surface area contributed by atoms with Gasteiger partial charge in [0.1, 0.15) is 0 Å². The highest BCUT2D eigenvalue weighted by Gasteiger charge is 2.45. The summed E-state index contributed by atoms with van der Waals surface area (Å²) in [5.74, 6) is -0.603. The molecule has 0 saturated heterocycles. The Hall–Kier alpha value is -2.08. The van der Waals surface area contributed by atoms with Gasteiger partial charge in [0, 0.05) is 6.54 Å². The van der Waals surface area contributed by atoms with Crippen molar-refractivity contribution < 1.29 is 9.21 Å². The lowest BCUT2D eigenvalue weighted by molar-refractivity contribution is -0.123. The molecule has 1 aliphatic carbocycles. The van der Waals surface area contributed by atoms with E-state index >= 15 is 0 Å². The molecule has 1 aliphatic rings. The number of oxazole rings is 1. The Balaban J connectivity index is 1.74. The highest BCUT2D eigenvalue weighted by molar-refractivity contribution is 5.89. The number of rotatable bonds is 3. The van der Waals surface area contributed by atoms with Gasteiger partial charge in [-0.2, -0.15) is 0 Å². The van der Waals surface area contributed by atoms with E-state index in [9.17, 15) is 9.59 Å². The van der Waals surface area contributed by atoms with Crippen LogP contribution in [-0.4, -0.2) is 16.4 Å². The Bertz CT molecular complexity index is 667. The predicted molar refractivity (Wildman–Crippen MR) is 64.8 cm³/mol. The maximum atomic E-state index is 11.7. The smallest absolute Gasteiger partial charge is 0.408 e. The fourth-order valence-corrected chi connectivity index (χ4v) is 1.83. The summed E-state index contributed by atoms with van der Waals surface area (Å²) >= 11 is 0. The van der Waals surface area contributed by atoms with Crippen LogP contribution in [0.15, 0.2) is 27.4 Å². The first kappa shape index (κ1) is 11.0. The van der Waals surface area contributed by atoms with Crippen LogP contribution in [0, 0.1) is 0 Å². The summed E-state index contributed by atoms with van der Waals surface area (Å²) in [7, 11) is 0. The summed E-state index contributed by atoms with van der Waals surface area (Å²) in [6, 6.07) is 5.27. The summed E-state index contributed by atoms with van der Waals surface area (Å²) in [4.78, 5) is 25.2. The van der Waals surface area contributed by atoms with Gasteiger partial charge in [-0.25, -0.2) is 4.79 Å². The van der Waals surface area contributed by atoms with Crippen LogP contribution in [-0.2, 0) is 11.3 Å². The number of aromatic amines is 1. The average Bonchev–Trinajstić information content (AvgIpc) is 2.98. The molecule has 94 valence electrons. The number of amides is 1. The Kier molecular flexibility index (Phi) is 2.27. The van der Waals surface area contributed by atoms with Crippen LogP contribution in [0.5, 0.6) is 0 Å². The molecule has 4 N–H and O–H groups in total. The second kappa shape index (κ2) is 3.71. The number of nitrogens with two attached hydrogens (primary N) is 1. The van der Waals surface area contributed by atoms with Gasteiger partial charge in [-0.3, -0.25) is 9.78 Å². The molecule has 6 nitrogen and oxygen atoms in total. The minimum atomic E-state index is -0.659. The molecule has 1 amide bonds. The zero-order chi connectivity index (χ0) is 12.8. The van der Waals surface area contributed by atoms with Gasteiger partial charge in [0.05, 0.1) is 11.1 Å². The number of H-pyrrole nitrogens is 1. The van der Waals surface area contributed by atoms with Crippen molar-refractivity contribution in [1.82, 2.24) is 10.3 Å². The van der Waals surface area contributed by atoms with E-state index in [-0.39, 0.29) is 5.91 Å². The van der Waals surface area contributed by atoms with Crippen molar-refractivity contribution in [2.45, 2.75) is 24.9 Å². The van der Waals surface area contributed by atoms with Gasteiger partial charge in [0.15, 0.2) is 5.58 Å². The van der Waals surface area contributed by atoms with Crippen LogP contribution in [0.2, 0.25) is 0 Å². The van der Waals surface area contributed by atoms with Crippen LogP contribution in [0.4, 0.5) is 0 Å². The summed E-state index contributed by atoms with van der Waals surface area (Å²) in [5, 5.41) is 2.79. The summed E-state index contributed by atoms with van der Waals surface area (Å²) in [5.41, 5.74) is 7.13. The van der Waals surface area contributed by atoms with Crippen molar-refractivity contribution >= 4 is 17.0 Å². The first-order valence-electron chi connectivity index (χ1n) is 5.76. The van der Waals surface area contributed by atoms with E-state index in [1.54, 1.807) is 18.2 Å². The highest BCUT2D eigenvalue weighted by Crippen LogP contribution is 2.32. The minimum absolute atomic E-state index is 0.122. The number of benzene rings is 1. The molecule has 0 atom stereocenters. The number of carbonyl (C=O) groups excluding carboxylic acids is 1. The molecule has 1 aromatic heterocycles. The third-order valence-corrected chi connectivity index (χ3v) is 3.18. The third kappa shape index (κ3) is 1.91. The normalized spacial score (nSPS) is 16.7. The van der Waals surface area contributed by atoms with E-state index in [1.807, 2.05) is 0 Å². The molecule has 1 heterocycles. The zero-order valence-electron chi connectivity index (χ0n) is 9.66. The van der Waals surface area contributed by atoms with Crippen molar-refractivity contribution in [3.05, 3.63) is 34.3 Å². The fourth-order valence-electron chi connectivity index (χ4n) is 1.83. The maximum Gasteiger partial charge on any atom is 0.417 e. The van der Waals surface area contributed by atoms with Crippen LogP contribution >= 0.6 is 0 Å². The molecule has 0 unspecified atom stereocenters. The van der Waals surface area contributed by atoms with E-state index in [0.29, 0.717) is 17.6 Å². The van der Waals surface area contributed by atoms with Crippen LogP contribution in [0.1, 0.15) is 18.4 Å². The Labute approximate surface area is 102 Å². The maximum absolute atomic E-state index is 11.7. The number of carbonyl (C=O) groups is 1. The van der Waals surface area contributed by atoms with Crippen LogP contribution in [0.3, 0.4) is 0 Å². The fraction of sp³-hybridized carbons (Fsp3) is 0.333. The van der Waals surface area contributed by atoms with Gasteiger partial charge in [-0.1, -0.05) is 6.07 Å². The predicted octanol–water partition coefficient (Wildman–Crippen LogP) is 0.229. The van der Waals surface area contributed by atoms with Gasteiger partial charge in [-0.05, 0) is 30.5 Å². The molecule has 2 aromatic rings. The summed E-state index contributed by atoms with van der Waals surface area (Å²) in [6.45, 7) is 0.390. The molecule has 0 bridgehead atoms. The Morgan fingerprint density at radius 2 is 2.28 bits per heavy atom. The van der Waals surface area contributed by atoms with Gasteiger partial charge in [0.2, 0.25) is 5.91 Å². The third-order valence-electron chi connectivity index (χ3n) is 3.18. The van der Waals surface area contributed by atoms with Gasteiger partial charge in [0.25, 0.3) is 0 Å². The van der Waals surface area contributed by atoms with Crippen molar-refractivity contribution in [3.8, 4) is 0 Å². The molecular formula is C12H13N3O3. The second-order valence-corrected chi connectivity index (χ2v) is 4.68. The van der Waals surface area contributed by atoms with Crippen molar-refractivity contribution in [2.24, 2.45) is 5.73 Å². The number of nitrogens with one attached hydrogen (secondary N) is 2.